The highest BCUT2D eigenvalue weighted by molar-refractivity contribution is 14.1. The predicted molar refractivity (Wildman–Crippen MR) is 82.7 cm³/mol. The van der Waals surface area contributed by atoms with Crippen LogP contribution in [0.5, 0.6) is 0 Å². The summed E-state index contributed by atoms with van der Waals surface area (Å²) < 4.78 is 14.9. The van der Waals surface area contributed by atoms with E-state index in [1.807, 2.05) is 12.1 Å². The van der Waals surface area contributed by atoms with Crippen LogP contribution >= 0.6 is 22.6 Å². The van der Waals surface area contributed by atoms with Crippen molar-refractivity contribution < 1.29 is 9.18 Å². The molecule has 0 saturated heterocycles. The lowest BCUT2D eigenvalue weighted by Gasteiger charge is -2.09. The number of hydrogen-bond acceptors (Lipinski definition) is 2. The Balaban J connectivity index is 2.27. The number of nitrogens with one attached hydrogen (secondary N) is 1. The number of amides is 1. The maximum absolute atomic E-state index is 13.9. The lowest BCUT2D eigenvalue weighted by molar-refractivity contribution is 0.102. The Bertz CT molecular complexity index is 626. The number of halogens is 2. The number of nitrogens with two attached hydrogens (primary N) is 1. The Morgan fingerprint density at radius 1 is 1.26 bits per heavy atom. The van der Waals surface area contributed by atoms with Gasteiger partial charge in [-0.3, -0.25) is 4.79 Å². The maximum atomic E-state index is 13.9. The van der Waals surface area contributed by atoms with E-state index in [1.54, 1.807) is 19.1 Å². The first-order valence-corrected chi connectivity index (χ1v) is 6.68. The van der Waals surface area contributed by atoms with E-state index in [1.165, 1.54) is 12.1 Å². The van der Waals surface area contributed by atoms with Crippen LogP contribution in [0.25, 0.3) is 0 Å². The van der Waals surface area contributed by atoms with Crippen molar-refractivity contribution in [2.75, 3.05) is 11.1 Å². The second-order valence-electron chi connectivity index (χ2n) is 4.16. The number of hydrogen-bond donors (Lipinski definition) is 2. The van der Waals surface area contributed by atoms with E-state index >= 15 is 0 Å². The number of anilines is 2. The normalized spacial score (nSPS) is 10.3. The van der Waals surface area contributed by atoms with Gasteiger partial charge in [0.2, 0.25) is 0 Å². The molecule has 0 aromatic heterocycles. The van der Waals surface area contributed by atoms with E-state index in [0.717, 1.165) is 3.57 Å². The van der Waals surface area contributed by atoms with Gasteiger partial charge in [0.25, 0.3) is 5.91 Å². The zero-order valence-corrected chi connectivity index (χ0v) is 12.4. The van der Waals surface area contributed by atoms with Gasteiger partial charge in [-0.2, -0.15) is 0 Å². The molecule has 98 valence electrons. The minimum absolute atomic E-state index is 0.0453. The van der Waals surface area contributed by atoms with Crippen molar-refractivity contribution in [2.24, 2.45) is 0 Å². The van der Waals surface area contributed by atoms with Crippen LogP contribution in [0.4, 0.5) is 15.8 Å². The Morgan fingerprint density at radius 3 is 2.53 bits per heavy atom. The van der Waals surface area contributed by atoms with Gasteiger partial charge in [-0.05, 0) is 71.5 Å². The molecular formula is C14H12FIN2O. The van der Waals surface area contributed by atoms with Crippen LogP contribution < -0.4 is 11.1 Å². The largest absolute Gasteiger partial charge is 0.399 e. The van der Waals surface area contributed by atoms with Gasteiger partial charge in [0.1, 0.15) is 5.82 Å². The SMILES string of the molecule is Cc1cc(N)cc(C(=O)Nc2ccc(I)cc2)c1F. The van der Waals surface area contributed by atoms with Crippen molar-refractivity contribution >= 4 is 39.9 Å². The molecule has 0 aliphatic rings. The van der Waals surface area contributed by atoms with Gasteiger partial charge in [0.15, 0.2) is 0 Å². The second kappa shape index (κ2) is 5.56. The number of carbonyl (C=O) groups excluding carboxylic acids is 1. The average molecular weight is 370 g/mol. The summed E-state index contributed by atoms with van der Waals surface area (Å²) >= 11 is 2.17. The van der Waals surface area contributed by atoms with Crippen molar-refractivity contribution in [1.29, 1.82) is 0 Å². The smallest absolute Gasteiger partial charge is 0.258 e. The number of nitrogen functional groups attached to an aromatic ring is 1. The molecule has 2 rings (SSSR count). The Morgan fingerprint density at radius 2 is 1.89 bits per heavy atom. The van der Waals surface area contributed by atoms with Crippen molar-refractivity contribution in [3.63, 3.8) is 0 Å². The van der Waals surface area contributed by atoms with Crippen LogP contribution in [-0.4, -0.2) is 5.91 Å². The fourth-order valence-electron chi connectivity index (χ4n) is 1.69. The van der Waals surface area contributed by atoms with Crippen molar-refractivity contribution in [2.45, 2.75) is 6.92 Å². The van der Waals surface area contributed by atoms with E-state index in [-0.39, 0.29) is 5.56 Å². The van der Waals surface area contributed by atoms with Crippen LogP contribution in [-0.2, 0) is 0 Å². The predicted octanol–water partition coefficient (Wildman–Crippen LogP) is 3.57. The van der Waals surface area contributed by atoms with Gasteiger partial charge in [-0.1, -0.05) is 0 Å². The first-order valence-electron chi connectivity index (χ1n) is 5.60. The molecule has 0 unspecified atom stereocenters. The number of carbonyl (C=O) groups is 1. The van der Waals surface area contributed by atoms with E-state index in [9.17, 15) is 9.18 Å². The Hall–Kier alpha value is -1.63. The molecule has 0 aliphatic heterocycles. The fourth-order valence-corrected chi connectivity index (χ4v) is 2.05. The molecular weight excluding hydrogens is 358 g/mol. The third-order valence-electron chi connectivity index (χ3n) is 2.62. The topological polar surface area (TPSA) is 55.1 Å². The van der Waals surface area contributed by atoms with Gasteiger partial charge in [0.05, 0.1) is 5.56 Å². The van der Waals surface area contributed by atoms with E-state index in [0.29, 0.717) is 16.9 Å². The summed E-state index contributed by atoms with van der Waals surface area (Å²) in [6.45, 7) is 1.58. The van der Waals surface area contributed by atoms with Crippen molar-refractivity contribution in [1.82, 2.24) is 0 Å². The van der Waals surface area contributed by atoms with Crippen LogP contribution in [0, 0.1) is 16.3 Å². The van der Waals surface area contributed by atoms with Gasteiger partial charge < -0.3 is 11.1 Å². The minimum atomic E-state index is -0.544. The summed E-state index contributed by atoms with van der Waals surface area (Å²) in [5, 5.41) is 2.64. The van der Waals surface area contributed by atoms with Crippen LogP contribution in [0.3, 0.4) is 0 Å². The number of benzene rings is 2. The molecule has 0 saturated carbocycles. The summed E-state index contributed by atoms with van der Waals surface area (Å²) in [5.41, 5.74) is 6.92. The molecule has 0 atom stereocenters. The Labute approximate surface area is 124 Å². The molecule has 0 fully saturated rings. The van der Waals surface area contributed by atoms with Crippen molar-refractivity contribution in [3.05, 3.63) is 56.9 Å². The number of aryl methyl sites for hydroxylation is 1. The molecule has 19 heavy (non-hydrogen) atoms. The molecule has 3 N–H and O–H groups in total. The summed E-state index contributed by atoms with van der Waals surface area (Å²) in [6.07, 6.45) is 0. The summed E-state index contributed by atoms with van der Waals surface area (Å²) in [4.78, 5) is 12.0. The molecule has 2 aromatic carbocycles. The van der Waals surface area contributed by atoms with Gasteiger partial charge >= 0.3 is 0 Å². The molecule has 0 radical (unpaired) electrons. The Kier molecular flexibility index (Phi) is 4.04. The van der Waals surface area contributed by atoms with E-state index in [4.69, 9.17) is 5.73 Å². The lowest BCUT2D eigenvalue weighted by atomic mass is 10.1. The standard InChI is InChI=1S/C14H12FIN2O/c1-8-6-10(17)7-12(13(8)15)14(19)18-11-4-2-9(16)3-5-11/h2-7H,17H2,1H3,(H,18,19). The molecule has 3 nitrogen and oxygen atoms in total. The minimum Gasteiger partial charge on any atom is -0.399 e. The third kappa shape index (κ3) is 3.23. The highest BCUT2D eigenvalue weighted by atomic mass is 127. The number of rotatable bonds is 2. The molecule has 0 bridgehead atoms. The average Bonchev–Trinajstić information content (AvgIpc) is 2.36. The van der Waals surface area contributed by atoms with Gasteiger partial charge in [-0.15, -0.1) is 0 Å². The molecule has 0 spiro atoms. The van der Waals surface area contributed by atoms with Crippen LogP contribution in [0.15, 0.2) is 36.4 Å². The molecule has 2 aromatic rings. The zero-order valence-electron chi connectivity index (χ0n) is 10.2. The highest BCUT2D eigenvalue weighted by Crippen LogP contribution is 2.19. The molecule has 5 heteroatoms. The molecule has 0 aliphatic carbocycles. The molecule has 0 heterocycles. The second-order valence-corrected chi connectivity index (χ2v) is 5.41. The van der Waals surface area contributed by atoms with Gasteiger partial charge in [0, 0.05) is 14.9 Å². The monoisotopic (exact) mass is 370 g/mol. The van der Waals surface area contributed by atoms with E-state index in [2.05, 4.69) is 27.9 Å². The summed E-state index contributed by atoms with van der Waals surface area (Å²) in [5.74, 6) is -1.05. The van der Waals surface area contributed by atoms with Gasteiger partial charge in [-0.25, -0.2) is 4.39 Å². The quantitative estimate of drug-likeness (QED) is 0.627. The lowest BCUT2D eigenvalue weighted by Crippen LogP contribution is -2.15. The first-order chi connectivity index (χ1) is 8.97. The highest BCUT2D eigenvalue weighted by Gasteiger charge is 2.14. The van der Waals surface area contributed by atoms with Crippen LogP contribution in [0.1, 0.15) is 15.9 Å². The van der Waals surface area contributed by atoms with E-state index < -0.39 is 11.7 Å². The summed E-state index contributed by atoms with van der Waals surface area (Å²) in [6, 6.07) is 10.1. The summed E-state index contributed by atoms with van der Waals surface area (Å²) in [7, 11) is 0. The zero-order chi connectivity index (χ0) is 14.0. The van der Waals surface area contributed by atoms with Crippen molar-refractivity contribution in [3.8, 4) is 0 Å². The third-order valence-corrected chi connectivity index (χ3v) is 3.34. The van der Waals surface area contributed by atoms with Crippen LogP contribution in [0.2, 0.25) is 0 Å². The maximum Gasteiger partial charge on any atom is 0.258 e. The first kappa shape index (κ1) is 13.8. The fraction of sp³-hybridized carbons (Fsp3) is 0.0714. The molecule has 1 amide bonds.